The van der Waals surface area contributed by atoms with Gasteiger partial charge in [-0.3, -0.25) is 4.79 Å². The van der Waals surface area contributed by atoms with Crippen molar-refractivity contribution in [2.75, 3.05) is 31.2 Å². The Bertz CT molecular complexity index is 1380. The Hall–Kier alpha value is -3.44. The van der Waals surface area contributed by atoms with Crippen LogP contribution in [0.4, 0.5) is 23.2 Å². The Morgan fingerprint density at radius 3 is 2.40 bits per heavy atom. The average Bonchev–Trinajstić information content (AvgIpc) is 2.83. The fourth-order valence-corrected chi connectivity index (χ4v) is 5.27. The molecule has 0 aliphatic carbocycles. The van der Waals surface area contributed by atoms with E-state index in [4.69, 9.17) is 4.74 Å². The van der Waals surface area contributed by atoms with Crippen LogP contribution in [0.1, 0.15) is 15.9 Å². The molecule has 1 heterocycles. The summed E-state index contributed by atoms with van der Waals surface area (Å²) in [5, 5.41) is 0. The zero-order valence-electron chi connectivity index (χ0n) is 18.4. The molecule has 3 aromatic carbocycles. The van der Waals surface area contributed by atoms with Gasteiger partial charge in [-0.2, -0.15) is 13.2 Å². The first-order valence-corrected chi connectivity index (χ1v) is 11.8. The standard InChI is InChI=1S/C24H20F4N2O4S/c1-34-12-11-29-15-30(35(32,33)18-6-4-5-17(14-18)24(26,27)28)22-13-16(9-10-20(22)23(29)31)19-7-2-3-8-21(19)25/h2-10,13-14H,11-12,15H2,1H3. The number of amides is 1. The maximum absolute atomic E-state index is 14.4. The highest BCUT2D eigenvalue weighted by Gasteiger charge is 2.38. The molecule has 35 heavy (non-hydrogen) atoms. The third-order valence-corrected chi connectivity index (χ3v) is 7.32. The predicted octanol–water partition coefficient (Wildman–Crippen LogP) is 4.77. The smallest absolute Gasteiger partial charge is 0.383 e. The molecule has 1 aliphatic heterocycles. The monoisotopic (exact) mass is 508 g/mol. The normalized spacial score (nSPS) is 14.3. The van der Waals surface area contributed by atoms with Gasteiger partial charge in [-0.15, -0.1) is 0 Å². The number of alkyl halides is 3. The SMILES string of the molecule is COCCN1CN(S(=O)(=O)c2cccc(C(F)(F)F)c2)c2cc(-c3ccccc3F)ccc2C1=O. The van der Waals surface area contributed by atoms with Gasteiger partial charge in [0.25, 0.3) is 15.9 Å². The van der Waals surface area contributed by atoms with Crippen LogP contribution in [0.2, 0.25) is 0 Å². The summed E-state index contributed by atoms with van der Waals surface area (Å²) >= 11 is 0. The van der Waals surface area contributed by atoms with Crippen LogP contribution < -0.4 is 4.31 Å². The Morgan fingerprint density at radius 1 is 0.971 bits per heavy atom. The summed E-state index contributed by atoms with van der Waals surface area (Å²) in [6.45, 7) is -0.279. The van der Waals surface area contributed by atoms with Crippen molar-refractivity contribution in [3.8, 4) is 11.1 Å². The molecule has 11 heteroatoms. The molecule has 0 unspecified atom stereocenters. The Labute approximate surface area is 199 Å². The molecule has 1 amide bonds. The third-order valence-electron chi connectivity index (χ3n) is 5.58. The van der Waals surface area contributed by atoms with Crippen LogP contribution in [0.25, 0.3) is 11.1 Å². The van der Waals surface area contributed by atoms with Crippen LogP contribution in [0.15, 0.2) is 71.6 Å². The number of rotatable bonds is 6. The molecule has 0 fully saturated rings. The summed E-state index contributed by atoms with van der Waals surface area (Å²) in [5.74, 6) is -1.03. The van der Waals surface area contributed by atoms with Crippen molar-refractivity contribution in [3.63, 3.8) is 0 Å². The van der Waals surface area contributed by atoms with E-state index in [-0.39, 0.29) is 30.0 Å². The highest BCUT2D eigenvalue weighted by atomic mass is 32.2. The van der Waals surface area contributed by atoms with Crippen LogP contribution >= 0.6 is 0 Å². The van der Waals surface area contributed by atoms with Crippen molar-refractivity contribution in [1.29, 1.82) is 0 Å². The summed E-state index contributed by atoms with van der Waals surface area (Å²) in [6, 6.07) is 13.4. The van der Waals surface area contributed by atoms with Crippen LogP contribution in [-0.2, 0) is 20.9 Å². The first kappa shape index (κ1) is 24.7. The number of fused-ring (bicyclic) bond motifs is 1. The average molecular weight is 508 g/mol. The molecule has 184 valence electrons. The van der Waals surface area contributed by atoms with Crippen LogP contribution in [0.5, 0.6) is 0 Å². The highest BCUT2D eigenvalue weighted by molar-refractivity contribution is 7.92. The fraction of sp³-hybridized carbons (Fsp3) is 0.208. The van der Waals surface area contributed by atoms with E-state index in [0.29, 0.717) is 11.6 Å². The van der Waals surface area contributed by atoms with Crippen LogP contribution in [-0.4, -0.2) is 46.2 Å². The van der Waals surface area contributed by atoms with Gasteiger partial charge in [-0.25, -0.2) is 17.1 Å². The van der Waals surface area contributed by atoms with Gasteiger partial charge in [0, 0.05) is 19.2 Å². The van der Waals surface area contributed by atoms with Crippen LogP contribution in [0.3, 0.4) is 0 Å². The third kappa shape index (κ3) is 4.73. The van der Waals surface area contributed by atoms with E-state index in [0.717, 1.165) is 22.5 Å². The minimum Gasteiger partial charge on any atom is -0.383 e. The largest absolute Gasteiger partial charge is 0.416 e. The van der Waals surface area contributed by atoms with E-state index >= 15 is 0 Å². The topological polar surface area (TPSA) is 66.9 Å². The van der Waals surface area contributed by atoms with Crippen molar-refractivity contribution in [2.45, 2.75) is 11.1 Å². The first-order chi connectivity index (χ1) is 16.5. The van der Waals surface area contributed by atoms with E-state index in [1.54, 1.807) is 6.07 Å². The molecule has 3 aromatic rings. The summed E-state index contributed by atoms with van der Waals surface area (Å²) in [7, 11) is -3.13. The number of carbonyl (C=O) groups excluding carboxylic acids is 1. The lowest BCUT2D eigenvalue weighted by molar-refractivity contribution is -0.137. The first-order valence-electron chi connectivity index (χ1n) is 10.4. The summed E-state index contributed by atoms with van der Waals surface area (Å²) < 4.78 is 87.2. The lowest BCUT2D eigenvalue weighted by Gasteiger charge is -2.37. The van der Waals surface area contributed by atoms with Gasteiger partial charge in [0.05, 0.1) is 28.3 Å². The number of sulfonamides is 1. The Morgan fingerprint density at radius 2 is 1.71 bits per heavy atom. The number of methoxy groups -OCH3 is 1. The molecule has 0 N–H and O–H groups in total. The number of hydrogen-bond acceptors (Lipinski definition) is 4. The molecule has 0 spiro atoms. The van der Waals surface area contributed by atoms with Crippen molar-refractivity contribution in [3.05, 3.63) is 83.7 Å². The van der Waals surface area contributed by atoms with Crippen LogP contribution in [0, 0.1) is 5.82 Å². The second-order valence-electron chi connectivity index (χ2n) is 7.79. The number of halogens is 4. The minimum atomic E-state index is -4.75. The molecule has 0 radical (unpaired) electrons. The lowest BCUT2D eigenvalue weighted by Crippen LogP contribution is -2.50. The van der Waals surface area contributed by atoms with Crippen molar-refractivity contribution < 1.29 is 35.5 Å². The molecular weight excluding hydrogens is 488 g/mol. The molecule has 6 nitrogen and oxygen atoms in total. The van der Waals surface area contributed by atoms with Gasteiger partial charge in [-0.05, 0) is 42.0 Å². The van der Waals surface area contributed by atoms with Gasteiger partial charge in [-0.1, -0.05) is 30.3 Å². The van der Waals surface area contributed by atoms with Gasteiger partial charge in [0.1, 0.15) is 12.5 Å². The maximum atomic E-state index is 14.4. The van der Waals surface area contributed by atoms with Gasteiger partial charge < -0.3 is 9.64 Å². The Kier molecular flexibility index (Phi) is 6.56. The molecule has 0 bridgehead atoms. The van der Waals surface area contributed by atoms with E-state index in [1.165, 1.54) is 48.4 Å². The highest BCUT2D eigenvalue weighted by Crippen LogP contribution is 2.37. The van der Waals surface area contributed by atoms with E-state index in [9.17, 15) is 30.8 Å². The van der Waals surface area contributed by atoms with Crippen molar-refractivity contribution in [1.82, 2.24) is 4.90 Å². The molecule has 1 aliphatic rings. The van der Waals surface area contributed by atoms with Crippen molar-refractivity contribution >= 4 is 21.6 Å². The number of anilines is 1. The molecule has 0 atom stereocenters. The van der Waals surface area contributed by atoms with Gasteiger partial charge in [0.15, 0.2) is 0 Å². The predicted molar refractivity (Wildman–Crippen MR) is 121 cm³/mol. The zero-order chi connectivity index (χ0) is 25.4. The van der Waals surface area contributed by atoms with E-state index in [1.807, 2.05) is 0 Å². The molecule has 0 aromatic heterocycles. The molecule has 0 saturated heterocycles. The number of benzene rings is 3. The number of carbonyl (C=O) groups is 1. The number of nitrogens with zero attached hydrogens (tertiary/aromatic N) is 2. The van der Waals surface area contributed by atoms with E-state index in [2.05, 4.69) is 0 Å². The van der Waals surface area contributed by atoms with Gasteiger partial charge >= 0.3 is 6.18 Å². The molecular formula is C24H20F4N2O4S. The quantitative estimate of drug-likeness (QED) is 0.450. The number of ether oxygens (including phenoxy) is 1. The van der Waals surface area contributed by atoms with E-state index < -0.39 is 45.1 Å². The molecule has 0 saturated carbocycles. The summed E-state index contributed by atoms with van der Waals surface area (Å²) in [6.07, 6.45) is -4.75. The zero-order valence-corrected chi connectivity index (χ0v) is 19.2. The summed E-state index contributed by atoms with van der Waals surface area (Å²) in [4.78, 5) is 13.7. The maximum Gasteiger partial charge on any atom is 0.416 e. The second kappa shape index (κ2) is 9.31. The number of hydrogen-bond donors (Lipinski definition) is 0. The summed E-state index contributed by atoms with van der Waals surface area (Å²) in [5.41, 5.74) is -0.668. The fourth-order valence-electron chi connectivity index (χ4n) is 3.79. The minimum absolute atomic E-state index is 0.0167. The molecule has 4 rings (SSSR count). The van der Waals surface area contributed by atoms with Gasteiger partial charge in [0.2, 0.25) is 0 Å². The lowest BCUT2D eigenvalue weighted by atomic mass is 10.0. The Balaban J connectivity index is 1.87. The second-order valence-corrected chi connectivity index (χ2v) is 9.66. The van der Waals surface area contributed by atoms with Crippen molar-refractivity contribution in [2.24, 2.45) is 0 Å².